The van der Waals surface area contributed by atoms with Crippen molar-refractivity contribution in [3.8, 4) is 23.0 Å². The summed E-state index contributed by atoms with van der Waals surface area (Å²) in [5.41, 5.74) is 4.02. The van der Waals surface area contributed by atoms with Gasteiger partial charge in [0.15, 0.2) is 23.0 Å². The molecule has 128 valence electrons. The van der Waals surface area contributed by atoms with Gasteiger partial charge in [-0.25, -0.2) is 5.43 Å². The number of benzene rings is 2. The van der Waals surface area contributed by atoms with Crippen molar-refractivity contribution in [1.82, 2.24) is 5.43 Å². The molecule has 0 unspecified atom stereocenters. The Bertz CT molecular complexity index is 837. The zero-order chi connectivity index (χ0) is 17.1. The lowest BCUT2D eigenvalue weighted by molar-refractivity contribution is -0.119. The van der Waals surface area contributed by atoms with Crippen molar-refractivity contribution >= 4 is 17.8 Å². The fraction of sp³-hybridized carbons (Fsp3) is 0.176. The molecule has 0 bridgehead atoms. The molecule has 25 heavy (non-hydrogen) atoms. The molecule has 2 aliphatic rings. The summed E-state index contributed by atoms with van der Waals surface area (Å²) in [6.07, 6.45) is 1.54. The van der Waals surface area contributed by atoms with Gasteiger partial charge in [-0.1, -0.05) is 0 Å². The van der Waals surface area contributed by atoms with E-state index in [4.69, 9.17) is 18.9 Å². The third kappa shape index (κ3) is 3.42. The zero-order valence-electron chi connectivity index (χ0n) is 13.2. The first kappa shape index (κ1) is 15.1. The topological polar surface area (TPSA) is 90.4 Å². The molecule has 0 saturated carbocycles. The van der Waals surface area contributed by atoms with Crippen LogP contribution in [-0.4, -0.2) is 32.3 Å². The summed E-state index contributed by atoms with van der Waals surface area (Å²) in [4.78, 5) is 11.8. The molecule has 1 amide bonds. The lowest BCUT2D eigenvalue weighted by Crippen LogP contribution is -2.25. The van der Waals surface area contributed by atoms with Gasteiger partial charge in [0, 0.05) is 11.8 Å². The van der Waals surface area contributed by atoms with Crippen LogP contribution in [0.1, 0.15) is 5.56 Å². The van der Waals surface area contributed by atoms with E-state index in [2.05, 4.69) is 15.8 Å². The molecule has 0 radical (unpaired) electrons. The van der Waals surface area contributed by atoms with Gasteiger partial charge in [0.1, 0.15) is 0 Å². The van der Waals surface area contributed by atoms with Crippen molar-refractivity contribution in [3.63, 3.8) is 0 Å². The maximum Gasteiger partial charge on any atom is 0.259 e. The summed E-state index contributed by atoms with van der Waals surface area (Å²) in [6.45, 7) is 0.518. The van der Waals surface area contributed by atoms with E-state index in [9.17, 15) is 4.79 Å². The largest absolute Gasteiger partial charge is 0.454 e. The molecule has 0 atom stereocenters. The summed E-state index contributed by atoms with van der Waals surface area (Å²) >= 11 is 0. The van der Waals surface area contributed by atoms with Gasteiger partial charge in [0.25, 0.3) is 5.91 Å². The van der Waals surface area contributed by atoms with E-state index in [0.29, 0.717) is 23.0 Å². The number of nitrogens with one attached hydrogen (secondary N) is 2. The highest BCUT2D eigenvalue weighted by molar-refractivity contribution is 5.85. The summed E-state index contributed by atoms with van der Waals surface area (Å²) < 4.78 is 21.0. The molecule has 2 aromatic rings. The Morgan fingerprint density at radius 1 is 0.960 bits per heavy atom. The number of carbonyl (C=O) groups excluding carboxylic acids is 1. The number of hydrazone groups is 1. The smallest absolute Gasteiger partial charge is 0.259 e. The Kier molecular flexibility index (Phi) is 3.99. The summed E-state index contributed by atoms with van der Waals surface area (Å²) in [7, 11) is 0. The number of hydrogen-bond acceptors (Lipinski definition) is 7. The number of ether oxygens (including phenoxy) is 4. The Balaban J connectivity index is 1.27. The molecule has 8 nitrogen and oxygen atoms in total. The van der Waals surface area contributed by atoms with Gasteiger partial charge in [0.05, 0.1) is 12.8 Å². The van der Waals surface area contributed by atoms with Crippen LogP contribution in [0.2, 0.25) is 0 Å². The molecule has 8 heteroatoms. The minimum Gasteiger partial charge on any atom is -0.454 e. The highest BCUT2D eigenvalue weighted by Gasteiger charge is 2.14. The van der Waals surface area contributed by atoms with Gasteiger partial charge in [0.2, 0.25) is 13.6 Å². The highest BCUT2D eigenvalue weighted by atomic mass is 16.7. The highest BCUT2D eigenvalue weighted by Crippen LogP contribution is 2.34. The molecule has 0 aliphatic carbocycles. The van der Waals surface area contributed by atoms with Crippen LogP contribution in [0.5, 0.6) is 23.0 Å². The van der Waals surface area contributed by atoms with Gasteiger partial charge in [-0.15, -0.1) is 0 Å². The fourth-order valence-electron chi connectivity index (χ4n) is 2.40. The van der Waals surface area contributed by atoms with E-state index >= 15 is 0 Å². The number of amides is 1. The molecule has 2 aliphatic heterocycles. The van der Waals surface area contributed by atoms with Crippen LogP contribution in [0.15, 0.2) is 41.5 Å². The van der Waals surface area contributed by atoms with Crippen molar-refractivity contribution in [2.75, 3.05) is 25.4 Å². The van der Waals surface area contributed by atoms with E-state index in [0.717, 1.165) is 11.3 Å². The molecule has 0 spiro atoms. The van der Waals surface area contributed by atoms with Gasteiger partial charge in [-0.05, 0) is 35.9 Å². The normalized spacial score (nSPS) is 13.9. The number of rotatable bonds is 5. The number of anilines is 1. The lowest BCUT2D eigenvalue weighted by atomic mass is 10.2. The summed E-state index contributed by atoms with van der Waals surface area (Å²) in [6, 6.07) is 10.8. The maximum atomic E-state index is 11.8. The van der Waals surface area contributed by atoms with E-state index < -0.39 is 0 Å². The van der Waals surface area contributed by atoms with Crippen LogP contribution in [0.3, 0.4) is 0 Å². The molecule has 2 aromatic carbocycles. The molecular weight excluding hydrogens is 326 g/mol. The monoisotopic (exact) mass is 341 g/mol. The van der Waals surface area contributed by atoms with Crippen LogP contribution >= 0.6 is 0 Å². The third-order valence-electron chi connectivity index (χ3n) is 3.63. The fourth-order valence-corrected chi connectivity index (χ4v) is 2.40. The SMILES string of the molecule is O=C(CNc1ccc2c(c1)OCO2)N/N=C\c1ccc2c(c1)OCO2. The second kappa shape index (κ2) is 6.60. The van der Waals surface area contributed by atoms with Crippen LogP contribution < -0.4 is 29.7 Å². The van der Waals surface area contributed by atoms with E-state index in [1.54, 1.807) is 30.5 Å². The summed E-state index contributed by atoms with van der Waals surface area (Å²) in [5.74, 6) is 2.46. The molecule has 2 N–H and O–H groups in total. The number of carbonyl (C=O) groups is 1. The second-order valence-electron chi connectivity index (χ2n) is 5.33. The standard InChI is InChI=1S/C17H15N3O5/c21-17(8-18-12-2-4-14-16(6-12)25-10-23-14)20-19-7-11-1-3-13-15(5-11)24-9-22-13/h1-7,18H,8-10H2,(H,20,21)/b19-7-. The predicted octanol–water partition coefficient (Wildman–Crippen LogP) is 1.71. The van der Waals surface area contributed by atoms with Crippen LogP contribution in [0.25, 0.3) is 0 Å². The molecule has 0 aromatic heterocycles. The van der Waals surface area contributed by atoms with Crippen molar-refractivity contribution in [3.05, 3.63) is 42.0 Å². The second-order valence-corrected chi connectivity index (χ2v) is 5.33. The van der Waals surface area contributed by atoms with Crippen molar-refractivity contribution < 1.29 is 23.7 Å². The van der Waals surface area contributed by atoms with E-state index in [-0.39, 0.29) is 26.0 Å². The molecule has 4 rings (SSSR count). The zero-order valence-corrected chi connectivity index (χ0v) is 13.2. The summed E-state index contributed by atoms with van der Waals surface area (Å²) in [5, 5.41) is 6.93. The number of fused-ring (bicyclic) bond motifs is 2. The molecule has 0 fully saturated rings. The molecular formula is C17H15N3O5. The Morgan fingerprint density at radius 2 is 1.64 bits per heavy atom. The quantitative estimate of drug-likeness (QED) is 0.636. The van der Waals surface area contributed by atoms with Crippen LogP contribution in [0, 0.1) is 0 Å². The first-order chi connectivity index (χ1) is 12.3. The van der Waals surface area contributed by atoms with Gasteiger partial charge >= 0.3 is 0 Å². The Hall–Kier alpha value is -3.42. The number of hydrogen-bond donors (Lipinski definition) is 2. The first-order valence-corrected chi connectivity index (χ1v) is 7.63. The first-order valence-electron chi connectivity index (χ1n) is 7.63. The lowest BCUT2D eigenvalue weighted by Gasteiger charge is -2.06. The van der Waals surface area contributed by atoms with Crippen LogP contribution in [-0.2, 0) is 4.79 Å². The third-order valence-corrected chi connectivity index (χ3v) is 3.63. The average molecular weight is 341 g/mol. The maximum absolute atomic E-state index is 11.8. The van der Waals surface area contributed by atoms with E-state index in [1.807, 2.05) is 12.1 Å². The number of nitrogens with zero attached hydrogens (tertiary/aromatic N) is 1. The average Bonchev–Trinajstić information content (AvgIpc) is 3.28. The van der Waals surface area contributed by atoms with Gasteiger partial charge < -0.3 is 24.3 Å². The molecule has 2 heterocycles. The van der Waals surface area contributed by atoms with Crippen molar-refractivity contribution in [1.29, 1.82) is 0 Å². The van der Waals surface area contributed by atoms with Crippen molar-refractivity contribution in [2.24, 2.45) is 5.10 Å². The van der Waals surface area contributed by atoms with Crippen LogP contribution in [0.4, 0.5) is 5.69 Å². The van der Waals surface area contributed by atoms with E-state index in [1.165, 1.54) is 0 Å². The Labute approximate surface area is 143 Å². The predicted molar refractivity (Wildman–Crippen MR) is 89.4 cm³/mol. The van der Waals surface area contributed by atoms with Gasteiger partial charge in [-0.2, -0.15) is 5.10 Å². The van der Waals surface area contributed by atoms with Crippen molar-refractivity contribution in [2.45, 2.75) is 0 Å². The Morgan fingerprint density at radius 3 is 2.44 bits per heavy atom. The minimum absolute atomic E-state index is 0.0815. The molecule has 0 saturated heterocycles. The van der Waals surface area contributed by atoms with Gasteiger partial charge in [-0.3, -0.25) is 4.79 Å². The minimum atomic E-state index is -0.269.